The third-order valence-corrected chi connectivity index (χ3v) is 5.91. The summed E-state index contributed by atoms with van der Waals surface area (Å²) in [5.74, 6) is 0. The SMILES string of the molecule is Clc1cccc(Cl)c1CN1Cc2ccccc2C[C@@H]1Cc1ccccc1. The molecule has 3 heteroatoms. The number of hydrogen-bond donors (Lipinski definition) is 0. The van der Waals surface area contributed by atoms with Gasteiger partial charge in [-0.2, -0.15) is 0 Å². The lowest BCUT2D eigenvalue weighted by Crippen LogP contribution is -2.41. The molecule has 1 atom stereocenters. The van der Waals surface area contributed by atoms with Crippen LogP contribution in [0.5, 0.6) is 0 Å². The summed E-state index contributed by atoms with van der Waals surface area (Å²) in [7, 11) is 0. The van der Waals surface area contributed by atoms with Gasteiger partial charge in [0.2, 0.25) is 0 Å². The van der Waals surface area contributed by atoms with Crippen LogP contribution in [0.4, 0.5) is 0 Å². The maximum absolute atomic E-state index is 6.45. The highest BCUT2D eigenvalue weighted by atomic mass is 35.5. The molecule has 0 bridgehead atoms. The second-order valence-electron chi connectivity index (χ2n) is 6.92. The minimum absolute atomic E-state index is 0.430. The number of benzene rings is 3. The van der Waals surface area contributed by atoms with Crippen LogP contribution in [0.1, 0.15) is 22.3 Å². The summed E-state index contributed by atoms with van der Waals surface area (Å²) in [4.78, 5) is 2.52. The number of rotatable bonds is 4. The van der Waals surface area contributed by atoms with E-state index in [4.69, 9.17) is 23.2 Å². The zero-order valence-electron chi connectivity index (χ0n) is 14.5. The molecule has 1 aliphatic rings. The number of nitrogens with zero attached hydrogens (tertiary/aromatic N) is 1. The Hall–Kier alpha value is -1.80. The first kappa shape index (κ1) is 17.6. The summed E-state index contributed by atoms with van der Waals surface area (Å²) in [6.45, 7) is 1.69. The Balaban J connectivity index is 1.64. The van der Waals surface area contributed by atoms with Crippen molar-refractivity contribution in [1.82, 2.24) is 4.90 Å². The summed E-state index contributed by atoms with van der Waals surface area (Å²) in [5, 5.41) is 1.49. The zero-order valence-corrected chi connectivity index (χ0v) is 16.0. The average molecular weight is 382 g/mol. The predicted octanol–water partition coefficient (Wildman–Crippen LogP) is 6.16. The summed E-state index contributed by atoms with van der Waals surface area (Å²) in [6, 6.07) is 25.6. The first-order chi connectivity index (χ1) is 12.7. The Morgan fingerprint density at radius 1 is 0.769 bits per heavy atom. The highest BCUT2D eigenvalue weighted by Gasteiger charge is 2.27. The van der Waals surface area contributed by atoms with E-state index in [9.17, 15) is 0 Å². The predicted molar refractivity (Wildman–Crippen MR) is 110 cm³/mol. The van der Waals surface area contributed by atoms with E-state index in [-0.39, 0.29) is 0 Å². The van der Waals surface area contributed by atoms with Gasteiger partial charge in [-0.3, -0.25) is 4.90 Å². The van der Waals surface area contributed by atoms with Crippen molar-refractivity contribution in [2.75, 3.05) is 0 Å². The van der Waals surface area contributed by atoms with Crippen LogP contribution >= 0.6 is 23.2 Å². The van der Waals surface area contributed by atoms with E-state index in [1.165, 1.54) is 16.7 Å². The second-order valence-corrected chi connectivity index (χ2v) is 7.74. The summed E-state index contributed by atoms with van der Waals surface area (Å²) < 4.78 is 0. The molecule has 0 N–H and O–H groups in total. The van der Waals surface area contributed by atoms with Crippen LogP contribution in [-0.4, -0.2) is 10.9 Å². The van der Waals surface area contributed by atoms with Crippen LogP contribution < -0.4 is 0 Å². The van der Waals surface area contributed by atoms with Crippen molar-refractivity contribution < 1.29 is 0 Å². The maximum atomic E-state index is 6.45. The third kappa shape index (κ3) is 3.81. The van der Waals surface area contributed by atoms with Crippen LogP contribution in [0.15, 0.2) is 72.8 Å². The van der Waals surface area contributed by atoms with E-state index in [1.807, 2.05) is 18.2 Å². The lowest BCUT2D eigenvalue weighted by molar-refractivity contribution is 0.161. The normalized spacial score (nSPS) is 17.1. The molecular formula is C23H21Cl2N. The Morgan fingerprint density at radius 2 is 1.42 bits per heavy atom. The van der Waals surface area contributed by atoms with E-state index >= 15 is 0 Å². The van der Waals surface area contributed by atoms with Crippen LogP contribution in [-0.2, 0) is 25.9 Å². The molecule has 1 aliphatic heterocycles. The van der Waals surface area contributed by atoms with Crippen molar-refractivity contribution in [2.24, 2.45) is 0 Å². The summed E-state index contributed by atoms with van der Waals surface area (Å²) >= 11 is 12.9. The molecule has 3 aromatic rings. The first-order valence-corrected chi connectivity index (χ1v) is 9.74. The molecule has 0 aromatic heterocycles. The average Bonchev–Trinajstić information content (AvgIpc) is 2.66. The molecule has 4 rings (SSSR count). The van der Waals surface area contributed by atoms with Crippen molar-refractivity contribution in [1.29, 1.82) is 0 Å². The van der Waals surface area contributed by atoms with Gasteiger partial charge in [0.25, 0.3) is 0 Å². The fourth-order valence-corrected chi connectivity index (χ4v) is 4.32. The molecule has 0 aliphatic carbocycles. The standard InChI is InChI=1S/C23H21Cl2N/c24-22-11-6-12-23(25)21(22)16-26-15-19-10-5-4-9-18(19)14-20(26)13-17-7-2-1-3-8-17/h1-12,20H,13-16H2/t20-/m0/s1. The van der Waals surface area contributed by atoms with Crippen molar-refractivity contribution in [2.45, 2.75) is 32.0 Å². The molecule has 1 nitrogen and oxygen atoms in total. The lowest BCUT2D eigenvalue weighted by atomic mass is 9.90. The topological polar surface area (TPSA) is 3.24 Å². The molecule has 0 saturated heterocycles. The van der Waals surface area contributed by atoms with E-state index in [0.717, 1.165) is 41.5 Å². The zero-order chi connectivity index (χ0) is 17.9. The minimum Gasteiger partial charge on any atom is -0.291 e. The van der Waals surface area contributed by atoms with E-state index < -0.39 is 0 Å². The second kappa shape index (κ2) is 7.84. The van der Waals surface area contributed by atoms with E-state index in [0.29, 0.717) is 6.04 Å². The Bertz CT molecular complexity index is 871. The van der Waals surface area contributed by atoms with Crippen molar-refractivity contribution in [3.8, 4) is 0 Å². The lowest BCUT2D eigenvalue weighted by Gasteiger charge is -2.37. The molecule has 3 aromatic carbocycles. The van der Waals surface area contributed by atoms with Crippen molar-refractivity contribution in [3.05, 3.63) is 105 Å². The molecule has 0 saturated carbocycles. The van der Waals surface area contributed by atoms with Gasteiger partial charge in [0.15, 0.2) is 0 Å². The Labute approximate surface area is 165 Å². The van der Waals surface area contributed by atoms with Crippen LogP contribution in [0.2, 0.25) is 10.0 Å². The largest absolute Gasteiger partial charge is 0.291 e. The van der Waals surface area contributed by atoms with Gasteiger partial charge in [-0.1, -0.05) is 83.9 Å². The molecule has 0 spiro atoms. The third-order valence-electron chi connectivity index (χ3n) is 5.20. The highest BCUT2D eigenvalue weighted by molar-refractivity contribution is 6.35. The molecule has 0 radical (unpaired) electrons. The van der Waals surface area contributed by atoms with Crippen LogP contribution in [0.3, 0.4) is 0 Å². The van der Waals surface area contributed by atoms with Gasteiger partial charge in [-0.25, -0.2) is 0 Å². The highest BCUT2D eigenvalue weighted by Crippen LogP contribution is 2.31. The maximum Gasteiger partial charge on any atom is 0.0465 e. The number of fused-ring (bicyclic) bond motifs is 1. The Kier molecular flexibility index (Phi) is 5.31. The monoisotopic (exact) mass is 381 g/mol. The van der Waals surface area contributed by atoms with Gasteiger partial charge in [0.1, 0.15) is 0 Å². The van der Waals surface area contributed by atoms with Gasteiger partial charge >= 0.3 is 0 Å². The van der Waals surface area contributed by atoms with Crippen molar-refractivity contribution in [3.63, 3.8) is 0 Å². The number of halogens is 2. The fourth-order valence-electron chi connectivity index (χ4n) is 3.80. The summed E-state index contributed by atoms with van der Waals surface area (Å²) in [5.41, 5.74) is 5.25. The molecule has 26 heavy (non-hydrogen) atoms. The molecule has 0 unspecified atom stereocenters. The number of hydrogen-bond acceptors (Lipinski definition) is 1. The smallest absolute Gasteiger partial charge is 0.0465 e. The van der Waals surface area contributed by atoms with Gasteiger partial charge in [0.05, 0.1) is 0 Å². The molecule has 132 valence electrons. The minimum atomic E-state index is 0.430. The summed E-state index contributed by atoms with van der Waals surface area (Å²) in [6.07, 6.45) is 2.07. The van der Waals surface area contributed by atoms with Gasteiger partial charge in [-0.05, 0) is 41.7 Å². The van der Waals surface area contributed by atoms with Crippen LogP contribution in [0, 0.1) is 0 Å². The van der Waals surface area contributed by atoms with Gasteiger partial charge in [-0.15, -0.1) is 0 Å². The quantitative estimate of drug-likeness (QED) is 0.522. The van der Waals surface area contributed by atoms with Gasteiger partial charge in [0, 0.05) is 34.7 Å². The van der Waals surface area contributed by atoms with Crippen molar-refractivity contribution >= 4 is 23.2 Å². The fraction of sp³-hybridized carbons (Fsp3) is 0.217. The molecule has 1 heterocycles. The molecule has 0 fully saturated rings. The molecular weight excluding hydrogens is 361 g/mol. The van der Waals surface area contributed by atoms with E-state index in [1.54, 1.807) is 0 Å². The van der Waals surface area contributed by atoms with E-state index in [2.05, 4.69) is 59.5 Å². The molecule has 0 amide bonds. The first-order valence-electron chi connectivity index (χ1n) is 8.98. The van der Waals surface area contributed by atoms with Gasteiger partial charge < -0.3 is 0 Å². The van der Waals surface area contributed by atoms with Crippen LogP contribution in [0.25, 0.3) is 0 Å². The Morgan fingerprint density at radius 3 is 2.15 bits per heavy atom.